The van der Waals surface area contributed by atoms with Gasteiger partial charge in [-0.1, -0.05) is 164 Å². The number of carbonyl (C=O) groups is 1. The maximum atomic E-state index is 11.7. The van der Waals surface area contributed by atoms with Gasteiger partial charge in [-0.2, -0.15) is 31.2 Å². The normalized spacial score (nSPS) is 11.0. The molecule has 0 unspecified atom stereocenters. The molecular weight excluding hydrogens is 535 g/mol. The minimum atomic E-state index is -1.22. The van der Waals surface area contributed by atoms with E-state index in [1.807, 2.05) is 42.5 Å². The molecule has 0 radical (unpaired) electrons. The van der Waals surface area contributed by atoms with Crippen LogP contribution in [0.2, 0.25) is 0 Å². The van der Waals surface area contributed by atoms with Gasteiger partial charge in [-0.25, -0.2) is 4.90 Å². The number of carbonyl (C=O) groups excluding carboxylic acids is 1. The molecule has 6 rings (SSSR count). The predicted octanol–water partition coefficient (Wildman–Crippen LogP) is 5.74. The van der Waals surface area contributed by atoms with E-state index in [9.17, 15) is 4.79 Å². The van der Waals surface area contributed by atoms with Gasteiger partial charge < -0.3 is 0 Å². The molecule has 216 valence electrons. The van der Waals surface area contributed by atoms with E-state index in [-0.39, 0.29) is 6.03 Å². The molecule has 0 atom stereocenters. The van der Waals surface area contributed by atoms with E-state index in [2.05, 4.69) is 133 Å². The molecule has 0 bridgehead atoms. The van der Waals surface area contributed by atoms with Gasteiger partial charge in [0.05, 0.1) is 26.5 Å². The number of hydrogen-bond acceptors (Lipinski definition) is 1. The summed E-state index contributed by atoms with van der Waals surface area (Å²) in [6.45, 7) is 0. The number of pyridine rings is 1. The Hall–Kier alpha value is -5.48. The molecule has 0 aliphatic rings. The van der Waals surface area contributed by atoms with E-state index >= 15 is 0 Å². The second-order valence-electron chi connectivity index (χ2n) is 11.0. The molecule has 0 fully saturated rings. The van der Waals surface area contributed by atoms with Gasteiger partial charge >= 0.3 is 6.03 Å². The van der Waals surface area contributed by atoms with Crippen molar-refractivity contribution >= 4 is 46.2 Å². The van der Waals surface area contributed by atoms with Crippen LogP contribution in [0.25, 0.3) is 12.2 Å². The number of nitrogens with zero attached hydrogens (tertiary/aromatic N) is 2. The van der Waals surface area contributed by atoms with Crippen LogP contribution in [0, 0.1) is 0 Å². The van der Waals surface area contributed by atoms with Crippen LogP contribution in [0.1, 0.15) is 11.1 Å². The fourth-order valence-electron chi connectivity index (χ4n) is 5.79. The first kappa shape index (κ1) is 30.0. The quantitative estimate of drug-likeness (QED) is 0.185. The van der Waals surface area contributed by atoms with Crippen molar-refractivity contribution in [3.63, 3.8) is 0 Å². The monoisotopic (exact) mass is 572 g/mol. The largest absolute Gasteiger partial charge is 0.497 e. The third kappa shape index (κ3) is 6.94. The molecule has 1 amide bonds. The average molecular weight is 573 g/mol. The van der Waals surface area contributed by atoms with E-state index in [1.54, 1.807) is 36.0 Å². The third-order valence-corrected chi connectivity index (χ3v) is 7.92. The summed E-state index contributed by atoms with van der Waals surface area (Å²) in [5.41, 5.74) is 7.57. The van der Waals surface area contributed by atoms with E-state index in [1.165, 1.54) is 21.9 Å². The Morgan fingerprint density at radius 3 is 1.09 bits per heavy atom. The summed E-state index contributed by atoms with van der Waals surface area (Å²) in [6, 6.07) is 57.4. The van der Waals surface area contributed by atoms with Crippen LogP contribution in [0.15, 0.2) is 176 Å². The standard InChI is InChI=1S/C24H20B.C16H17N2O/c1-5-13-21(14-6-1)25(22-15-7-2-8-16-22,23-17-9-3-10-18-23)24-19-11-4-12-20-24;1-17(2)16(19)18-12-10-15(11-13-18)9-8-14-6-4-3-5-7-14/h1-20H;3-13H,1-2H3/q-1;+1. The first-order valence-corrected chi connectivity index (χ1v) is 14.9. The zero-order chi connectivity index (χ0) is 30.6. The number of hydrogen-bond donors (Lipinski definition) is 0. The fourth-order valence-corrected chi connectivity index (χ4v) is 5.79. The maximum absolute atomic E-state index is 11.7. The van der Waals surface area contributed by atoms with Gasteiger partial charge in [0.15, 0.2) is 0 Å². The van der Waals surface area contributed by atoms with Crippen LogP contribution in [0.5, 0.6) is 0 Å². The molecule has 0 aliphatic carbocycles. The topological polar surface area (TPSA) is 24.2 Å². The van der Waals surface area contributed by atoms with Gasteiger partial charge in [0, 0.05) is 0 Å². The zero-order valence-corrected chi connectivity index (χ0v) is 25.3. The van der Waals surface area contributed by atoms with E-state index < -0.39 is 6.15 Å². The van der Waals surface area contributed by atoms with Crippen molar-refractivity contribution in [2.24, 2.45) is 0 Å². The Morgan fingerprint density at radius 1 is 0.477 bits per heavy atom. The van der Waals surface area contributed by atoms with Crippen molar-refractivity contribution in [1.29, 1.82) is 0 Å². The Morgan fingerprint density at radius 2 is 0.773 bits per heavy atom. The second kappa shape index (κ2) is 14.6. The first-order chi connectivity index (χ1) is 21.6. The second-order valence-corrected chi connectivity index (χ2v) is 11.0. The lowest BCUT2D eigenvalue weighted by Crippen LogP contribution is -2.74. The molecule has 0 saturated carbocycles. The van der Waals surface area contributed by atoms with Crippen LogP contribution in [0.4, 0.5) is 4.79 Å². The number of benzene rings is 5. The zero-order valence-electron chi connectivity index (χ0n) is 25.3. The molecule has 3 nitrogen and oxygen atoms in total. The fraction of sp³-hybridized carbons (Fsp3) is 0.0500. The first-order valence-electron chi connectivity index (χ1n) is 14.9. The summed E-state index contributed by atoms with van der Waals surface area (Å²) in [6.07, 6.45) is 6.40. The van der Waals surface area contributed by atoms with E-state index in [0.717, 1.165) is 11.1 Å². The highest BCUT2D eigenvalue weighted by Gasteiger charge is 2.31. The third-order valence-electron chi connectivity index (χ3n) is 7.92. The number of aromatic nitrogens is 1. The van der Waals surface area contributed by atoms with Gasteiger partial charge in [0.1, 0.15) is 6.15 Å². The molecule has 0 N–H and O–H groups in total. The highest BCUT2D eigenvalue weighted by Crippen LogP contribution is 2.09. The Labute approximate surface area is 261 Å². The van der Waals surface area contributed by atoms with Crippen molar-refractivity contribution in [1.82, 2.24) is 4.90 Å². The van der Waals surface area contributed by atoms with Crippen LogP contribution in [0.3, 0.4) is 0 Å². The van der Waals surface area contributed by atoms with Crippen molar-refractivity contribution < 1.29 is 9.36 Å². The Bertz CT molecular complexity index is 1590. The van der Waals surface area contributed by atoms with Crippen molar-refractivity contribution in [3.8, 4) is 0 Å². The summed E-state index contributed by atoms with van der Waals surface area (Å²) in [5.74, 6) is 0. The maximum Gasteiger partial charge on any atom is 0.497 e. The lowest BCUT2D eigenvalue weighted by molar-refractivity contribution is -0.577. The number of rotatable bonds is 6. The molecule has 0 spiro atoms. The molecule has 0 aliphatic heterocycles. The van der Waals surface area contributed by atoms with Crippen LogP contribution in [-0.2, 0) is 0 Å². The molecule has 6 aromatic rings. The van der Waals surface area contributed by atoms with E-state index in [0.29, 0.717) is 0 Å². The molecule has 5 aromatic carbocycles. The van der Waals surface area contributed by atoms with E-state index in [4.69, 9.17) is 0 Å². The molecular formula is C40H37BN2O. The molecule has 44 heavy (non-hydrogen) atoms. The SMILES string of the molecule is CN(C)C(=O)[n+]1ccc(C=Cc2ccccc2)cc1.c1ccc([B-](c2ccccc2)(c2ccccc2)c2ccccc2)cc1. The van der Waals surface area contributed by atoms with Gasteiger partial charge in [-0.3, -0.25) is 0 Å². The summed E-state index contributed by atoms with van der Waals surface area (Å²) in [7, 11) is 3.47. The highest BCUT2D eigenvalue weighted by atomic mass is 16.2. The lowest BCUT2D eigenvalue weighted by atomic mass is 9.13. The van der Waals surface area contributed by atoms with Gasteiger partial charge in [-0.05, 0) is 23.3 Å². The minimum absolute atomic E-state index is 0.0569. The van der Waals surface area contributed by atoms with Gasteiger partial charge in [-0.15, -0.1) is 0 Å². The number of amides is 1. The van der Waals surface area contributed by atoms with Gasteiger partial charge in [0.2, 0.25) is 0 Å². The summed E-state index contributed by atoms with van der Waals surface area (Å²) < 4.78 is 1.56. The van der Waals surface area contributed by atoms with Crippen LogP contribution >= 0.6 is 0 Å². The van der Waals surface area contributed by atoms with Crippen molar-refractivity contribution in [3.05, 3.63) is 187 Å². The molecule has 4 heteroatoms. The molecule has 1 aromatic heterocycles. The summed E-state index contributed by atoms with van der Waals surface area (Å²) in [5, 5.41) is 0. The molecule has 1 heterocycles. The average Bonchev–Trinajstić information content (AvgIpc) is 3.10. The summed E-state index contributed by atoms with van der Waals surface area (Å²) in [4.78, 5) is 13.2. The smallest absolute Gasteiger partial charge is 0.231 e. The van der Waals surface area contributed by atoms with Crippen molar-refractivity contribution in [2.75, 3.05) is 14.1 Å². The molecule has 0 saturated heterocycles. The summed E-state index contributed by atoms with van der Waals surface area (Å²) >= 11 is 0. The van der Waals surface area contributed by atoms with Crippen LogP contribution in [-0.4, -0.2) is 31.2 Å². The minimum Gasteiger partial charge on any atom is -0.231 e. The van der Waals surface area contributed by atoms with Gasteiger partial charge in [0.25, 0.3) is 0 Å². The predicted molar refractivity (Wildman–Crippen MR) is 187 cm³/mol. The van der Waals surface area contributed by atoms with Crippen LogP contribution < -0.4 is 26.4 Å². The highest BCUT2D eigenvalue weighted by molar-refractivity contribution is 7.19. The Balaban J connectivity index is 0.000000182. The Kier molecular flexibility index (Phi) is 9.96. The van der Waals surface area contributed by atoms with Crippen molar-refractivity contribution in [2.45, 2.75) is 0 Å². The lowest BCUT2D eigenvalue weighted by Gasteiger charge is -2.44.